The Hall–Kier alpha value is -3.47. The minimum atomic E-state index is -1.08. The van der Waals surface area contributed by atoms with Crippen molar-refractivity contribution in [2.75, 3.05) is 23.5 Å². The van der Waals surface area contributed by atoms with Gasteiger partial charge in [-0.25, -0.2) is 13.5 Å². The normalized spacial score (nSPS) is 11.3. The van der Waals surface area contributed by atoms with Crippen LogP contribution in [-0.2, 0) is 15.0 Å². The number of carbonyl (C=O) groups is 2. The van der Waals surface area contributed by atoms with Crippen molar-refractivity contribution in [1.29, 1.82) is 0 Å². The predicted octanol–water partition coefficient (Wildman–Crippen LogP) is 3.08. The number of anilines is 1. The average Bonchev–Trinajstić information content (AvgIpc) is 3.13. The number of hydrogen-bond acceptors (Lipinski definition) is 6. The van der Waals surface area contributed by atoms with Crippen LogP contribution in [0.25, 0.3) is 11.4 Å². The quantitative estimate of drug-likeness (QED) is 0.358. The number of nitrogen functional groups attached to an aromatic ring is 1. The van der Waals surface area contributed by atoms with Crippen LogP contribution in [0.4, 0.5) is 14.5 Å². The summed E-state index contributed by atoms with van der Waals surface area (Å²) in [5.41, 5.74) is 2.08. The SMILES string of the molecule is CC(C)(C)c1ccc(-c2nnc(SCC(=O)NCC(=O)Nc3ccc(F)c(F)c3)n2N)cc1. The number of nitrogens with zero attached hydrogens (tertiary/aromatic N) is 3. The van der Waals surface area contributed by atoms with Crippen molar-refractivity contribution >= 4 is 29.3 Å². The van der Waals surface area contributed by atoms with Gasteiger partial charge in [0.25, 0.3) is 0 Å². The molecule has 0 saturated carbocycles. The van der Waals surface area contributed by atoms with Gasteiger partial charge in [-0.2, -0.15) is 0 Å². The Balaban J connectivity index is 1.51. The summed E-state index contributed by atoms with van der Waals surface area (Å²) in [6, 6.07) is 10.8. The summed E-state index contributed by atoms with van der Waals surface area (Å²) < 4.78 is 27.4. The molecule has 0 aliphatic rings. The highest BCUT2D eigenvalue weighted by atomic mass is 32.2. The highest BCUT2D eigenvalue weighted by molar-refractivity contribution is 7.99. The monoisotopic (exact) mass is 474 g/mol. The lowest BCUT2D eigenvalue weighted by atomic mass is 9.87. The first-order valence-corrected chi connectivity index (χ1v) is 11.0. The number of aromatic nitrogens is 3. The van der Waals surface area contributed by atoms with E-state index in [0.29, 0.717) is 11.0 Å². The van der Waals surface area contributed by atoms with Gasteiger partial charge in [0.2, 0.25) is 17.0 Å². The Labute approximate surface area is 193 Å². The summed E-state index contributed by atoms with van der Waals surface area (Å²) in [5, 5.41) is 13.3. The third-order valence-corrected chi connectivity index (χ3v) is 5.60. The van der Waals surface area contributed by atoms with Crippen molar-refractivity contribution in [1.82, 2.24) is 20.2 Å². The van der Waals surface area contributed by atoms with Crippen molar-refractivity contribution in [3.63, 3.8) is 0 Å². The molecule has 0 radical (unpaired) electrons. The van der Waals surface area contributed by atoms with Crippen molar-refractivity contribution in [3.8, 4) is 11.4 Å². The second-order valence-corrected chi connectivity index (χ2v) is 9.19. The van der Waals surface area contributed by atoms with Crippen molar-refractivity contribution < 1.29 is 18.4 Å². The number of carbonyl (C=O) groups excluding carboxylic acids is 2. The van der Waals surface area contributed by atoms with Crippen molar-refractivity contribution in [2.45, 2.75) is 31.3 Å². The first-order valence-electron chi connectivity index (χ1n) is 10.0. The Morgan fingerprint density at radius 1 is 1.03 bits per heavy atom. The van der Waals surface area contributed by atoms with E-state index in [1.54, 1.807) is 0 Å². The molecule has 0 bridgehead atoms. The number of amides is 2. The minimum Gasteiger partial charge on any atom is -0.346 e. The molecule has 11 heteroatoms. The zero-order valence-corrected chi connectivity index (χ0v) is 19.2. The van der Waals surface area contributed by atoms with Gasteiger partial charge in [0.05, 0.1) is 12.3 Å². The number of benzene rings is 2. The fourth-order valence-electron chi connectivity index (χ4n) is 2.83. The molecule has 3 aromatic rings. The van der Waals surface area contributed by atoms with Crippen LogP contribution in [0.1, 0.15) is 26.3 Å². The molecule has 33 heavy (non-hydrogen) atoms. The molecule has 1 heterocycles. The molecule has 0 spiro atoms. The van der Waals surface area contributed by atoms with E-state index in [-0.39, 0.29) is 23.4 Å². The molecule has 0 atom stereocenters. The summed E-state index contributed by atoms with van der Waals surface area (Å²) in [5.74, 6) is 3.40. The maximum Gasteiger partial charge on any atom is 0.243 e. The van der Waals surface area contributed by atoms with Gasteiger partial charge in [-0.3, -0.25) is 9.59 Å². The van der Waals surface area contributed by atoms with Gasteiger partial charge in [0.15, 0.2) is 17.5 Å². The van der Waals surface area contributed by atoms with Crippen molar-refractivity contribution in [2.24, 2.45) is 0 Å². The zero-order chi connectivity index (χ0) is 24.2. The van der Waals surface area contributed by atoms with E-state index in [1.807, 2.05) is 24.3 Å². The molecule has 174 valence electrons. The largest absolute Gasteiger partial charge is 0.346 e. The van der Waals surface area contributed by atoms with Gasteiger partial charge in [-0.05, 0) is 23.1 Å². The highest BCUT2D eigenvalue weighted by Crippen LogP contribution is 2.26. The average molecular weight is 475 g/mol. The maximum atomic E-state index is 13.2. The Kier molecular flexibility index (Phi) is 7.32. The van der Waals surface area contributed by atoms with E-state index in [1.165, 1.54) is 16.3 Å². The Morgan fingerprint density at radius 3 is 2.36 bits per heavy atom. The van der Waals surface area contributed by atoms with Gasteiger partial charge in [-0.1, -0.05) is 56.8 Å². The fraction of sp³-hybridized carbons (Fsp3) is 0.273. The molecule has 0 aliphatic carbocycles. The van der Waals surface area contributed by atoms with Gasteiger partial charge in [0.1, 0.15) is 0 Å². The van der Waals surface area contributed by atoms with E-state index in [9.17, 15) is 18.4 Å². The molecule has 2 amide bonds. The molecule has 0 aliphatic heterocycles. The molecule has 0 fully saturated rings. The van der Waals surface area contributed by atoms with Gasteiger partial charge in [-0.15, -0.1) is 10.2 Å². The molecule has 2 aromatic carbocycles. The molecule has 1 aromatic heterocycles. The summed E-state index contributed by atoms with van der Waals surface area (Å²) in [6.07, 6.45) is 0. The smallest absolute Gasteiger partial charge is 0.243 e. The molecular weight excluding hydrogens is 450 g/mol. The molecule has 4 N–H and O–H groups in total. The van der Waals surface area contributed by atoms with Gasteiger partial charge >= 0.3 is 0 Å². The summed E-state index contributed by atoms with van der Waals surface area (Å²) >= 11 is 1.07. The number of nitrogens with one attached hydrogen (secondary N) is 2. The molecule has 0 saturated heterocycles. The third kappa shape index (κ3) is 6.28. The van der Waals surface area contributed by atoms with Crippen LogP contribution >= 0.6 is 11.8 Å². The number of thioether (sulfide) groups is 1. The van der Waals surface area contributed by atoms with Crippen LogP contribution in [0.3, 0.4) is 0 Å². The van der Waals surface area contributed by atoms with Crippen LogP contribution < -0.4 is 16.5 Å². The second kappa shape index (κ2) is 9.99. The van der Waals surface area contributed by atoms with E-state index in [4.69, 9.17) is 5.84 Å². The van der Waals surface area contributed by atoms with Gasteiger partial charge in [0, 0.05) is 17.3 Å². The summed E-state index contributed by atoms with van der Waals surface area (Å²) in [6.45, 7) is 6.04. The summed E-state index contributed by atoms with van der Waals surface area (Å²) in [4.78, 5) is 24.0. The highest BCUT2D eigenvalue weighted by Gasteiger charge is 2.17. The van der Waals surface area contributed by atoms with Crippen molar-refractivity contribution in [3.05, 3.63) is 59.7 Å². The standard InChI is InChI=1S/C22H24F2N6O2S/c1-22(2,3)14-6-4-13(5-7-14)20-28-29-21(30(20)25)33-12-19(32)26-11-18(31)27-15-8-9-16(23)17(24)10-15/h4-10H,11-12,25H2,1-3H3,(H,26,32)(H,27,31). The van der Waals surface area contributed by atoms with E-state index >= 15 is 0 Å². The lowest BCUT2D eigenvalue weighted by molar-refractivity contribution is -0.122. The van der Waals surface area contributed by atoms with Crippen LogP contribution in [-0.4, -0.2) is 39.0 Å². The van der Waals surface area contributed by atoms with E-state index < -0.39 is 23.4 Å². The van der Waals surface area contributed by atoms with Crippen LogP contribution in [0.5, 0.6) is 0 Å². The number of nitrogens with two attached hydrogens (primary N) is 1. The third-order valence-electron chi connectivity index (χ3n) is 4.66. The predicted molar refractivity (Wildman–Crippen MR) is 123 cm³/mol. The lowest BCUT2D eigenvalue weighted by Crippen LogP contribution is -2.34. The number of hydrogen-bond donors (Lipinski definition) is 3. The Morgan fingerprint density at radius 2 is 1.73 bits per heavy atom. The number of halogens is 2. The van der Waals surface area contributed by atoms with Crippen LogP contribution in [0, 0.1) is 11.6 Å². The molecule has 8 nitrogen and oxygen atoms in total. The summed E-state index contributed by atoms with van der Waals surface area (Å²) in [7, 11) is 0. The fourth-order valence-corrected chi connectivity index (χ4v) is 3.52. The van der Waals surface area contributed by atoms with E-state index in [2.05, 4.69) is 41.6 Å². The minimum absolute atomic E-state index is 0.0232. The second-order valence-electron chi connectivity index (χ2n) is 8.25. The Bertz CT molecular complexity index is 1160. The molecule has 3 rings (SSSR count). The topological polar surface area (TPSA) is 115 Å². The number of rotatable bonds is 7. The first kappa shape index (κ1) is 24.2. The first-order chi connectivity index (χ1) is 15.5. The lowest BCUT2D eigenvalue weighted by Gasteiger charge is -2.19. The maximum absolute atomic E-state index is 13.2. The zero-order valence-electron chi connectivity index (χ0n) is 18.4. The molecule has 0 unspecified atom stereocenters. The van der Waals surface area contributed by atoms with Gasteiger partial charge < -0.3 is 16.5 Å². The molecular formula is C22H24F2N6O2S. The van der Waals surface area contributed by atoms with E-state index in [0.717, 1.165) is 29.5 Å². The van der Waals surface area contributed by atoms with Crippen LogP contribution in [0.2, 0.25) is 0 Å². The van der Waals surface area contributed by atoms with Crippen LogP contribution in [0.15, 0.2) is 47.6 Å².